The maximum Gasteiger partial charge on any atom is 0.256 e. The minimum atomic E-state index is -1.32. The van der Waals surface area contributed by atoms with Gasteiger partial charge in [0.15, 0.2) is 6.10 Å². The highest BCUT2D eigenvalue weighted by Crippen LogP contribution is 2.27. The van der Waals surface area contributed by atoms with Crippen LogP contribution in [0.3, 0.4) is 0 Å². The normalized spacial score (nSPS) is 13.5. The number of aromatic nitrogens is 1. The lowest BCUT2D eigenvalue weighted by atomic mass is 10.1. The number of aliphatic hydroxyl groups is 1. The predicted octanol–water partition coefficient (Wildman–Crippen LogP) is 3.64. The number of pyridine rings is 1. The molecule has 0 saturated heterocycles. The van der Waals surface area contributed by atoms with Crippen molar-refractivity contribution >= 4 is 29.1 Å². The zero-order chi connectivity index (χ0) is 16.3. The Morgan fingerprint density at radius 1 is 1.23 bits per heavy atom. The first-order chi connectivity index (χ1) is 10.4. The van der Waals surface area contributed by atoms with Crippen molar-refractivity contribution in [2.75, 3.05) is 7.05 Å². The van der Waals surface area contributed by atoms with Crippen LogP contribution >= 0.6 is 23.2 Å². The lowest BCUT2D eigenvalue weighted by Crippen LogP contribution is -2.34. The second-order valence-electron chi connectivity index (χ2n) is 5.02. The maximum atomic E-state index is 12.5. The van der Waals surface area contributed by atoms with Gasteiger partial charge < -0.3 is 10.0 Å². The molecule has 0 spiro atoms. The number of carbonyl (C=O) groups is 1. The summed E-state index contributed by atoms with van der Waals surface area (Å²) >= 11 is 11.8. The van der Waals surface area contributed by atoms with E-state index in [9.17, 15) is 9.90 Å². The molecule has 2 atom stereocenters. The van der Waals surface area contributed by atoms with E-state index in [-0.39, 0.29) is 6.04 Å². The Labute approximate surface area is 139 Å². The van der Waals surface area contributed by atoms with E-state index in [1.807, 2.05) is 13.0 Å². The highest BCUT2D eigenvalue weighted by Gasteiger charge is 2.25. The van der Waals surface area contributed by atoms with Crippen LogP contribution in [0.25, 0.3) is 0 Å². The van der Waals surface area contributed by atoms with Crippen LogP contribution in [-0.2, 0) is 4.79 Å². The first-order valence-corrected chi connectivity index (χ1v) is 7.46. The Balaban J connectivity index is 2.19. The molecule has 1 amide bonds. The summed E-state index contributed by atoms with van der Waals surface area (Å²) in [7, 11) is 1.63. The van der Waals surface area contributed by atoms with Crippen LogP contribution in [0, 0.1) is 0 Å². The lowest BCUT2D eigenvalue weighted by molar-refractivity contribution is -0.141. The van der Waals surface area contributed by atoms with Gasteiger partial charge in [0.2, 0.25) is 0 Å². The van der Waals surface area contributed by atoms with Crippen LogP contribution in [0.2, 0.25) is 10.0 Å². The van der Waals surface area contributed by atoms with Crippen molar-refractivity contribution in [3.8, 4) is 0 Å². The molecule has 2 unspecified atom stereocenters. The fourth-order valence-electron chi connectivity index (χ4n) is 2.11. The van der Waals surface area contributed by atoms with Crippen molar-refractivity contribution in [3.63, 3.8) is 0 Å². The molecule has 2 aromatic rings. The number of hydrogen-bond acceptors (Lipinski definition) is 3. The smallest absolute Gasteiger partial charge is 0.256 e. The van der Waals surface area contributed by atoms with Gasteiger partial charge in [-0.2, -0.15) is 0 Å². The van der Waals surface area contributed by atoms with E-state index >= 15 is 0 Å². The monoisotopic (exact) mass is 338 g/mol. The molecule has 0 aliphatic rings. The maximum absolute atomic E-state index is 12.5. The number of carbonyl (C=O) groups excluding carboxylic acids is 1. The van der Waals surface area contributed by atoms with Crippen LogP contribution in [0.15, 0.2) is 42.7 Å². The van der Waals surface area contributed by atoms with Gasteiger partial charge in [-0.25, -0.2) is 0 Å². The third-order valence-corrected chi connectivity index (χ3v) is 3.97. The zero-order valence-corrected chi connectivity index (χ0v) is 13.7. The molecule has 0 saturated carbocycles. The molecule has 1 aromatic heterocycles. The molecule has 0 fully saturated rings. The molecule has 1 aromatic carbocycles. The van der Waals surface area contributed by atoms with Gasteiger partial charge in [-0.1, -0.05) is 29.3 Å². The molecule has 6 heteroatoms. The van der Waals surface area contributed by atoms with E-state index in [1.54, 1.807) is 31.6 Å². The average Bonchev–Trinajstić information content (AvgIpc) is 2.52. The number of benzene rings is 1. The largest absolute Gasteiger partial charge is 0.378 e. The molecule has 116 valence electrons. The fraction of sp³-hybridized carbons (Fsp3) is 0.250. The predicted molar refractivity (Wildman–Crippen MR) is 86.8 cm³/mol. The summed E-state index contributed by atoms with van der Waals surface area (Å²) in [5.74, 6) is -0.435. The van der Waals surface area contributed by atoms with E-state index in [1.165, 1.54) is 17.0 Å². The van der Waals surface area contributed by atoms with Gasteiger partial charge in [0.25, 0.3) is 5.91 Å². The van der Waals surface area contributed by atoms with Crippen LogP contribution in [0.5, 0.6) is 0 Å². The van der Waals surface area contributed by atoms with Crippen molar-refractivity contribution in [2.24, 2.45) is 0 Å². The van der Waals surface area contributed by atoms with Gasteiger partial charge in [-0.15, -0.1) is 0 Å². The summed E-state index contributed by atoms with van der Waals surface area (Å²) < 4.78 is 0. The van der Waals surface area contributed by atoms with Crippen LogP contribution in [-0.4, -0.2) is 27.9 Å². The summed E-state index contributed by atoms with van der Waals surface area (Å²) in [4.78, 5) is 18.0. The van der Waals surface area contributed by atoms with Gasteiger partial charge in [-0.05, 0) is 42.3 Å². The van der Waals surface area contributed by atoms with Crippen molar-refractivity contribution < 1.29 is 9.90 Å². The van der Waals surface area contributed by atoms with Gasteiger partial charge in [0.1, 0.15) is 0 Å². The summed E-state index contributed by atoms with van der Waals surface area (Å²) in [6.07, 6.45) is 2.04. The van der Waals surface area contributed by atoms with Crippen molar-refractivity contribution in [3.05, 3.63) is 63.9 Å². The Morgan fingerprint density at radius 2 is 1.86 bits per heavy atom. The topological polar surface area (TPSA) is 53.4 Å². The Bertz CT molecular complexity index is 644. The Hall–Kier alpha value is -1.62. The summed E-state index contributed by atoms with van der Waals surface area (Å²) in [6, 6.07) is 8.06. The van der Waals surface area contributed by atoms with Crippen LogP contribution in [0.1, 0.15) is 30.2 Å². The summed E-state index contributed by atoms with van der Waals surface area (Å²) in [5, 5.41) is 11.0. The standard InChI is InChI=1S/C16H16Cl2N2O2/c1-10(11-4-3-5-19-9-11)20(2)16(22)15(21)12-6-13(17)8-14(18)7-12/h3-10,15,21H,1-2H3. The molecule has 4 nitrogen and oxygen atoms in total. The summed E-state index contributed by atoms with van der Waals surface area (Å²) in [6.45, 7) is 1.87. The van der Waals surface area contributed by atoms with Gasteiger partial charge in [-0.3, -0.25) is 9.78 Å². The second kappa shape index (κ2) is 7.09. The SMILES string of the molecule is CC(c1cccnc1)N(C)C(=O)C(O)c1cc(Cl)cc(Cl)c1. The van der Waals surface area contributed by atoms with E-state index in [2.05, 4.69) is 4.98 Å². The number of hydrogen-bond donors (Lipinski definition) is 1. The number of halogens is 2. The zero-order valence-electron chi connectivity index (χ0n) is 12.2. The second-order valence-corrected chi connectivity index (χ2v) is 5.89. The van der Waals surface area contributed by atoms with E-state index < -0.39 is 12.0 Å². The number of amides is 1. The third-order valence-electron chi connectivity index (χ3n) is 3.53. The molecule has 1 heterocycles. The number of aliphatic hydroxyl groups excluding tert-OH is 1. The lowest BCUT2D eigenvalue weighted by Gasteiger charge is -2.27. The number of rotatable bonds is 4. The molecule has 2 rings (SSSR count). The molecule has 1 N–H and O–H groups in total. The highest BCUT2D eigenvalue weighted by atomic mass is 35.5. The first kappa shape index (κ1) is 16.7. The van der Waals surface area contributed by atoms with E-state index in [0.29, 0.717) is 15.6 Å². The van der Waals surface area contributed by atoms with E-state index in [4.69, 9.17) is 23.2 Å². The molecule has 0 radical (unpaired) electrons. The van der Waals surface area contributed by atoms with Crippen molar-refractivity contribution in [2.45, 2.75) is 19.1 Å². The minimum Gasteiger partial charge on any atom is -0.378 e. The third kappa shape index (κ3) is 3.77. The minimum absolute atomic E-state index is 0.217. The number of likely N-dealkylation sites (N-methyl/N-ethyl adjacent to an activating group) is 1. The molecular weight excluding hydrogens is 323 g/mol. The highest BCUT2D eigenvalue weighted by molar-refractivity contribution is 6.34. The quantitative estimate of drug-likeness (QED) is 0.925. The molecular formula is C16H16Cl2N2O2. The number of nitrogens with zero attached hydrogens (tertiary/aromatic N) is 2. The van der Waals surface area contributed by atoms with Gasteiger partial charge in [0.05, 0.1) is 6.04 Å². The Kier molecular flexibility index (Phi) is 5.40. The molecule has 0 bridgehead atoms. The first-order valence-electron chi connectivity index (χ1n) is 6.71. The summed E-state index contributed by atoms with van der Waals surface area (Å²) in [5.41, 5.74) is 1.25. The molecule has 0 aliphatic carbocycles. The van der Waals surface area contributed by atoms with Gasteiger partial charge in [0, 0.05) is 29.5 Å². The Morgan fingerprint density at radius 3 is 2.41 bits per heavy atom. The average molecular weight is 339 g/mol. The van der Waals surface area contributed by atoms with E-state index in [0.717, 1.165) is 5.56 Å². The van der Waals surface area contributed by atoms with Crippen molar-refractivity contribution in [1.29, 1.82) is 0 Å². The van der Waals surface area contributed by atoms with Crippen molar-refractivity contribution in [1.82, 2.24) is 9.88 Å². The molecule has 22 heavy (non-hydrogen) atoms. The fourth-order valence-corrected chi connectivity index (χ4v) is 2.65. The molecule has 0 aliphatic heterocycles. The van der Waals surface area contributed by atoms with Crippen LogP contribution in [0.4, 0.5) is 0 Å². The van der Waals surface area contributed by atoms with Crippen LogP contribution < -0.4 is 0 Å². The van der Waals surface area contributed by atoms with Gasteiger partial charge >= 0.3 is 0 Å².